The molecule has 1 atom stereocenters. The summed E-state index contributed by atoms with van der Waals surface area (Å²) in [5, 5.41) is 6.76. The Labute approximate surface area is 197 Å². The molecule has 0 aromatic heterocycles. The number of rotatable bonds is 7. The van der Waals surface area contributed by atoms with Crippen LogP contribution in [0.25, 0.3) is 0 Å². The van der Waals surface area contributed by atoms with Crippen LogP contribution in [0.2, 0.25) is 0 Å². The van der Waals surface area contributed by atoms with Gasteiger partial charge in [0.25, 0.3) is 0 Å². The van der Waals surface area contributed by atoms with Crippen molar-refractivity contribution in [3.05, 3.63) is 65.7 Å². The van der Waals surface area contributed by atoms with E-state index in [0.29, 0.717) is 17.5 Å². The Hall–Kier alpha value is -1.65. The van der Waals surface area contributed by atoms with Gasteiger partial charge in [-0.05, 0) is 49.2 Å². The second-order valence-corrected chi connectivity index (χ2v) is 9.41. The first-order chi connectivity index (χ1) is 14.0. The molecule has 1 unspecified atom stereocenters. The maximum Gasteiger partial charge on any atom is 0.191 e. The van der Waals surface area contributed by atoms with Crippen molar-refractivity contribution in [2.45, 2.75) is 30.3 Å². The van der Waals surface area contributed by atoms with Gasteiger partial charge < -0.3 is 10.6 Å². The number of halogens is 1. The Kier molecular flexibility index (Phi) is 9.57. The van der Waals surface area contributed by atoms with Gasteiger partial charge in [0.15, 0.2) is 15.8 Å². The largest absolute Gasteiger partial charge is 0.354 e. The third kappa shape index (κ3) is 6.95. The minimum absolute atomic E-state index is 0. The molecular formula is C22H31IN4O2S. The Morgan fingerprint density at radius 3 is 2.23 bits per heavy atom. The number of hydrogen-bond donors (Lipinski definition) is 2. The molecule has 0 saturated carbocycles. The van der Waals surface area contributed by atoms with Crippen molar-refractivity contribution in [2.24, 2.45) is 4.99 Å². The Bertz CT molecular complexity index is 912. The van der Waals surface area contributed by atoms with Gasteiger partial charge in [-0.15, -0.1) is 24.0 Å². The molecule has 0 aliphatic carbocycles. The first kappa shape index (κ1) is 24.6. The maximum atomic E-state index is 11.6. The van der Waals surface area contributed by atoms with Crippen molar-refractivity contribution >= 4 is 39.8 Å². The van der Waals surface area contributed by atoms with Gasteiger partial charge in [0.05, 0.1) is 10.9 Å². The van der Waals surface area contributed by atoms with Crippen molar-refractivity contribution in [3.63, 3.8) is 0 Å². The van der Waals surface area contributed by atoms with E-state index in [1.807, 2.05) is 18.2 Å². The van der Waals surface area contributed by atoms with E-state index < -0.39 is 9.84 Å². The maximum absolute atomic E-state index is 11.6. The molecular weight excluding hydrogens is 511 g/mol. The summed E-state index contributed by atoms with van der Waals surface area (Å²) < 4.78 is 23.2. The number of hydrogen-bond acceptors (Lipinski definition) is 4. The molecule has 0 bridgehead atoms. The number of benzene rings is 2. The quantitative estimate of drug-likeness (QED) is 0.320. The van der Waals surface area contributed by atoms with Crippen LogP contribution in [0.15, 0.2) is 64.5 Å². The van der Waals surface area contributed by atoms with Crippen LogP contribution < -0.4 is 10.6 Å². The van der Waals surface area contributed by atoms with Crippen molar-refractivity contribution in [1.82, 2.24) is 15.5 Å². The number of guanidine groups is 1. The summed E-state index contributed by atoms with van der Waals surface area (Å²) in [5.74, 6) is 0.734. The van der Waals surface area contributed by atoms with Crippen LogP contribution in [0, 0.1) is 0 Å². The van der Waals surface area contributed by atoms with Crippen LogP contribution in [0.4, 0.5) is 0 Å². The summed E-state index contributed by atoms with van der Waals surface area (Å²) >= 11 is 0. The van der Waals surface area contributed by atoms with Crippen molar-refractivity contribution in [2.75, 3.05) is 32.9 Å². The standard InChI is InChI=1S/C22H30N4O2S.HI/c1-23-22(24-16-18-10-12-20(13-11-18)29(2,27)28)25-17-21(26-14-6-7-15-26)19-8-4-3-5-9-19;/h3-5,8-13,21H,6-7,14-17H2,1-2H3,(H2,23,24,25);1H. The van der Waals surface area contributed by atoms with Gasteiger partial charge in [-0.25, -0.2) is 8.42 Å². The molecule has 2 aromatic carbocycles. The van der Waals surface area contributed by atoms with E-state index in [9.17, 15) is 8.42 Å². The number of nitrogens with zero attached hydrogens (tertiary/aromatic N) is 2. The Morgan fingerprint density at radius 1 is 1.03 bits per heavy atom. The Balaban J connectivity index is 0.00000320. The molecule has 164 valence electrons. The highest BCUT2D eigenvalue weighted by Crippen LogP contribution is 2.24. The van der Waals surface area contributed by atoms with Crippen molar-refractivity contribution in [1.29, 1.82) is 0 Å². The van der Waals surface area contributed by atoms with Crippen LogP contribution in [0.5, 0.6) is 0 Å². The lowest BCUT2D eigenvalue weighted by molar-refractivity contribution is 0.245. The highest BCUT2D eigenvalue weighted by Gasteiger charge is 2.23. The smallest absolute Gasteiger partial charge is 0.191 e. The first-order valence-electron chi connectivity index (χ1n) is 10.00. The summed E-state index contributed by atoms with van der Waals surface area (Å²) in [4.78, 5) is 7.19. The highest BCUT2D eigenvalue weighted by atomic mass is 127. The summed E-state index contributed by atoms with van der Waals surface area (Å²) in [6.45, 7) is 3.60. The average molecular weight is 542 g/mol. The third-order valence-corrected chi connectivity index (χ3v) is 6.39. The van der Waals surface area contributed by atoms with E-state index in [2.05, 4.69) is 44.8 Å². The van der Waals surface area contributed by atoms with E-state index >= 15 is 0 Å². The average Bonchev–Trinajstić information content (AvgIpc) is 3.25. The third-order valence-electron chi connectivity index (χ3n) is 5.26. The van der Waals surface area contributed by atoms with Crippen molar-refractivity contribution < 1.29 is 8.42 Å². The minimum atomic E-state index is -3.17. The molecule has 1 aliphatic rings. The van der Waals surface area contributed by atoms with Crippen LogP contribution in [0.1, 0.15) is 30.0 Å². The predicted molar refractivity (Wildman–Crippen MR) is 133 cm³/mol. The van der Waals surface area contributed by atoms with E-state index in [1.54, 1.807) is 19.2 Å². The number of likely N-dealkylation sites (tertiary alicyclic amines) is 1. The summed E-state index contributed by atoms with van der Waals surface area (Å²) in [6, 6.07) is 17.8. The second kappa shape index (κ2) is 11.7. The van der Waals surface area contributed by atoms with Gasteiger partial charge in [-0.2, -0.15) is 0 Å². The van der Waals surface area contributed by atoms with Crippen LogP contribution in [-0.4, -0.2) is 52.2 Å². The van der Waals surface area contributed by atoms with E-state index in [4.69, 9.17) is 0 Å². The molecule has 1 saturated heterocycles. The molecule has 0 spiro atoms. The molecule has 2 aromatic rings. The zero-order chi connectivity index (χ0) is 20.7. The molecule has 6 nitrogen and oxygen atoms in total. The highest BCUT2D eigenvalue weighted by molar-refractivity contribution is 14.0. The fourth-order valence-electron chi connectivity index (χ4n) is 3.64. The first-order valence-corrected chi connectivity index (χ1v) is 11.9. The normalized spacial score (nSPS) is 16.0. The molecule has 1 aliphatic heterocycles. The zero-order valence-corrected chi connectivity index (χ0v) is 20.7. The van der Waals surface area contributed by atoms with E-state index in [-0.39, 0.29) is 24.0 Å². The molecule has 1 heterocycles. The summed E-state index contributed by atoms with van der Waals surface area (Å²) in [7, 11) is -1.41. The molecule has 8 heteroatoms. The lowest BCUT2D eigenvalue weighted by atomic mass is 10.1. The number of aliphatic imine (C=N–C) groups is 1. The molecule has 2 N–H and O–H groups in total. The SMILES string of the molecule is CN=C(NCc1ccc(S(C)(=O)=O)cc1)NCC(c1ccccc1)N1CCCC1.I. The van der Waals surface area contributed by atoms with Crippen molar-refractivity contribution in [3.8, 4) is 0 Å². The molecule has 30 heavy (non-hydrogen) atoms. The molecule has 0 amide bonds. The van der Waals surface area contributed by atoms with E-state index in [0.717, 1.165) is 31.2 Å². The second-order valence-electron chi connectivity index (χ2n) is 7.39. The van der Waals surface area contributed by atoms with Gasteiger partial charge in [-0.3, -0.25) is 9.89 Å². The topological polar surface area (TPSA) is 73.8 Å². The van der Waals surface area contributed by atoms with Crippen LogP contribution >= 0.6 is 24.0 Å². The summed E-state index contributed by atoms with van der Waals surface area (Å²) in [5.41, 5.74) is 2.31. The minimum Gasteiger partial charge on any atom is -0.354 e. The fraction of sp³-hybridized carbons (Fsp3) is 0.409. The molecule has 0 radical (unpaired) electrons. The van der Waals surface area contributed by atoms with Gasteiger partial charge in [0.1, 0.15) is 0 Å². The Morgan fingerprint density at radius 2 is 1.67 bits per heavy atom. The molecule has 1 fully saturated rings. The van der Waals surface area contributed by atoms with Gasteiger partial charge in [0, 0.05) is 26.4 Å². The lowest BCUT2D eigenvalue weighted by Gasteiger charge is -2.29. The van der Waals surface area contributed by atoms with Crippen LogP contribution in [0.3, 0.4) is 0 Å². The monoisotopic (exact) mass is 542 g/mol. The van der Waals surface area contributed by atoms with Gasteiger partial charge in [-0.1, -0.05) is 42.5 Å². The zero-order valence-electron chi connectivity index (χ0n) is 17.5. The fourth-order valence-corrected chi connectivity index (χ4v) is 4.27. The summed E-state index contributed by atoms with van der Waals surface area (Å²) in [6.07, 6.45) is 3.72. The predicted octanol–water partition coefficient (Wildman–Crippen LogP) is 3.21. The van der Waals surface area contributed by atoms with Gasteiger partial charge in [0.2, 0.25) is 0 Å². The van der Waals surface area contributed by atoms with Gasteiger partial charge >= 0.3 is 0 Å². The molecule has 3 rings (SSSR count). The number of sulfone groups is 1. The number of nitrogens with one attached hydrogen (secondary N) is 2. The van der Waals surface area contributed by atoms with Crippen LogP contribution in [-0.2, 0) is 16.4 Å². The lowest BCUT2D eigenvalue weighted by Crippen LogP contribution is -2.42. The van der Waals surface area contributed by atoms with E-state index in [1.165, 1.54) is 24.7 Å².